The number of nitrogens with zero attached hydrogens (tertiary/aromatic N) is 1. The van der Waals surface area contributed by atoms with Gasteiger partial charge in [-0.1, -0.05) is 30.3 Å². The number of anilines is 2. The van der Waals surface area contributed by atoms with E-state index in [1.54, 1.807) is 25.1 Å². The number of benzene rings is 3. The summed E-state index contributed by atoms with van der Waals surface area (Å²) in [6.07, 6.45) is -11.6. The lowest BCUT2D eigenvalue weighted by molar-refractivity contribution is -0.348. The number of rotatable bonds is 9. The van der Waals surface area contributed by atoms with Crippen LogP contribution in [-0.4, -0.2) is 36.8 Å². The lowest BCUT2D eigenvalue weighted by atomic mass is 9.93. The van der Waals surface area contributed by atoms with E-state index in [0.29, 0.717) is 0 Å². The summed E-state index contributed by atoms with van der Waals surface area (Å²) in [5.74, 6) is -4.63. The van der Waals surface area contributed by atoms with Crippen LogP contribution in [0.15, 0.2) is 66.7 Å². The minimum atomic E-state index is -6.55. The van der Waals surface area contributed by atoms with Crippen LogP contribution in [0.25, 0.3) is 0 Å². The van der Waals surface area contributed by atoms with Crippen molar-refractivity contribution in [3.63, 3.8) is 0 Å². The number of carbonyl (C=O) groups is 2. The Hall–Kier alpha value is -4.30. The summed E-state index contributed by atoms with van der Waals surface area (Å²) >= 11 is 0. The first-order valence-electron chi connectivity index (χ1n) is 12.9. The third-order valence-corrected chi connectivity index (χ3v) is 7.06. The molecule has 44 heavy (non-hydrogen) atoms. The summed E-state index contributed by atoms with van der Waals surface area (Å²) in [6.45, 7) is -2.14. The number of alkyl halides is 9. The summed E-state index contributed by atoms with van der Waals surface area (Å²) < 4.78 is 140. The number of hydrogen-bond acceptors (Lipinski definition) is 3. The Morgan fingerprint density at radius 3 is 2.05 bits per heavy atom. The highest BCUT2D eigenvalue weighted by Gasteiger charge is 2.73. The summed E-state index contributed by atoms with van der Waals surface area (Å²) in [5.41, 5.74) is -9.90. The molecule has 3 aromatic carbocycles. The normalized spacial score (nSPS) is 14.7. The third kappa shape index (κ3) is 6.31. The van der Waals surface area contributed by atoms with Gasteiger partial charge in [-0.2, -0.15) is 35.1 Å². The number of hydrogen-bond donors (Lipinski definition) is 1. The van der Waals surface area contributed by atoms with E-state index in [1.807, 2.05) is 5.32 Å². The molecule has 0 aliphatic heterocycles. The lowest BCUT2D eigenvalue weighted by Gasteiger charge is -2.31. The van der Waals surface area contributed by atoms with Crippen molar-refractivity contribution in [1.29, 1.82) is 0 Å². The minimum Gasteiger partial charge on any atom is -0.433 e. The Labute approximate surface area is 243 Å². The van der Waals surface area contributed by atoms with Crippen molar-refractivity contribution in [2.45, 2.75) is 50.4 Å². The van der Waals surface area contributed by atoms with Gasteiger partial charge in [-0.3, -0.25) is 9.59 Å². The van der Waals surface area contributed by atoms with Gasteiger partial charge in [-0.25, -0.2) is 8.78 Å². The van der Waals surface area contributed by atoms with E-state index in [4.69, 9.17) is 0 Å². The zero-order chi connectivity index (χ0) is 32.6. The van der Waals surface area contributed by atoms with Gasteiger partial charge in [0, 0.05) is 17.2 Å². The van der Waals surface area contributed by atoms with Gasteiger partial charge in [0.05, 0.1) is 16.9 Å². The molecule has 1 fully saturated rings. The topological polar surface area (TPSA) is 58.6 Å². The van der Waals surface area contributed by atoms with Gasteiger partial charge >= 0.3 is 24.6 Å². The van der Waals surface area contributed by atoms with E-state index < -0.39 is 70.9 Å². The van der Waals surface area contributed by atoms with Crippen LogP contribution in [0, 0.1) is 11.7 Å². The molecule has 1 N–H and O–H groups in total. The molecule has 4 rings (SSSR count). The van der Waals surface area contributed by atoms with Crippen LogP contribution in [0.1, 0.15) is 46.0 Å². The standard InChI is InChI=1S/C29H22F10N2O3/c1-15(16-10-11-16)41(25(43)17-6-3-2-4-7-17)21-9-5-8-19(23(21)30)24(42)40-20-13-12-18(14-22(20)44-26(31)32)27(33,28(34,35)36)29(37,38)39/h2-9,12-16,26H,10-11H2,1H3,(H,40,42). The zero-order valence-corrected chi connectivity index (χ0v) is 22.4. The fourth-order valence-corrected chi connectivity index (χ4v) is 4.62. The van der Waals surface area contributed by atoms with Gasteiger partial charge in [0.25, 0.3) is 11.8 Å². The molecule has 5 nitrogen and oxygen atoms in total. The number of ether oxygens (including phenoxy) is 1. The molecule has 0 saturated heterocycles. The fraction of sp³-hybridized carbons (Fsp3) is 0.310. The van der Waals surface area contributed by atoms with E-state index >= 15 is 4.39 Å². The quantitative estimate of drug-likeness (QED) is 0.240. The second-order valence-electron chi connectivity index (χ2n) is 9.96. The van der Waals surface area contributed by atoms with Gasteiger partial charge < -0.3 is 15.0 Å². The van der Waals surface area contributed by atoms with Crippen LogP contribution in [0.4, 0.5) is 55.3 Å². The monoisotopic (exact) mass is 636 g/mol. The Morgan fingerprint density at radius 2 is 1.50 bits per heavy atom. The molecule has 0 bridgehead atoms. The van der Waals surface area contributed by atoms with E-state index in [-0.39, 0.29) is 35.4 Å². The molecule has 0 radical (unpaired) electrons. The Morgan fingerprint density at radius 1 is 0.886 bits per heavy atom. The highest BCUT2D eigenvalue weighted by molar-refractivity contribution is 6.09. The minimum absolute atomic E-state index is 0.0285. The molecule has 15 heteroatoms. The molecule has 0 heterocycles. The van der Waals surface area contributed by atoms with Crippen molar-refractivity contribution >= 4 is 23.2 Å². The number of carbonyl (C=O) groups excluding carboxylic acids is 2. The number of halogens is 10. The maximum atomic E-state index is 15.9. The number of amides is 2. The first kappa shape index (κ1) is 32.6. The average Bonchev–Trinajstić information content (AvgIpc) is 3.79. The molecule has 0 aromatic heterocycles. The number of nitrogens with one attached hydrogen (secondary N) is 1. The second-order valence-corrected chi connectivity index (χ2v) is 9.96. The SMILES string of the molecule is CC(C1CC1)N(C(=O)c1ccccc1)c1cccc(C(=O)Nc2ccc(C(F)(C(F)(F)F)C(F)(F)F)cc2OC(F)F)c1F. The van der Waals surface area contributed by atoms with E-state index in [1.165, 1.54) is 24.3 Å². The first-order valence-corrected chi connectivity index (χ1v) is 12.9. The molecule has 1 saturated carbocycles. The Balaban J connectivity index is 1.73. The maximum Gasteiger partial charge on any atom is 0.435 e. The highest BCUT2D eigenvalue weighted by Crippen LogP contribution is 2.54. The van der Waals surface area contributed by atoms with Gasteiger partial charge in [0.2, 0.25) is 0 Å². The fourth-order valence-electron chi connectivity index (χ4n) is 4.62. The van der Waals surface area contributed by atoms with Crippen molar-refractivity contribution in [2.24, 2.45) is 5.92 Å². The molecular formula is C29H22F10N2O3. The molecule has 1 unspecified atom stereocenters. The summed E-state index contributed by atoms with van der Waals surface area (Å²) in [5, 5.41) is 1.89. The van der Waals surface area contributed by atoms with Crippen molar-refractivity contribution in [2.75, 3.05) is 10.2 Å². The molecule has 1 aliphatic rings. The summed E-state index contributed by atoms with van der Waals surface area (Å²) in [4.78, 5) is 27.7. The molecule has 0 spiro atoms. The van der Waals surface area contributed by atoms with Crippen LogP contribution >= 0.6 is 0 Å². The van der Waals surface area contributed by atoms with Gasteiger partial charge in [-0.15, -0.1) is 0 Å². The largest absolute Gasteiger partial charge is 0.435 e. The molecule has 236 valence electrons. The van der Waals surface area contributed by atoms with Crippen LogP contribution in [0.2, 0.25) is 0 Å². The highest BCUT2D eigenvalue weighted by atomic mass is 19.4. The maximum absolute atomic E-state index is 15.9. The van der Waals surface area contributed by atoms with Crippen molar-refractivity contribution in [3.8, 4) is 5.75 Å². The van der Waals surface area contributed by atoms with E-state index in [0.717, 1.165) is 23.8 Å². The Bertz CT molecular complexity index is 1510. The van der Waals surface area contributed by atoms with Crippen molar-refractivity contribution in [3.05, 3.63) is 89.2 Å². The molecule has 2 amide bonds. The lowest BCUT2D eigenvalue weighted by Crippen LogP contribution is -2.50. The van der Waals surface area contributed by atoms with Gasteiger partial charge in [-0.05, 0) is 62.1 Å². The molecule has 1 aliphatic carbocycles. The molecule has 3 aromatic rings. The first-order chi connectivity index (χ1) is 20.5. The third-order valence-electron chi connectivity index (χ3n) is 7.06. The van der Waals surface area contributed by atoms with Gasteiger partial charge in [0.15, 0.2) is 5.82 Å². The predicted octanol–water partition coefficient (Wildman–Crippen LogP) is 8.41. The molecular weight excluding hydrogens is 614 g/mol. The second kappa shape index (κ2) is 12.0. The van der Waals surface area contributed by atoms with Crippen LogP contribution in [0.3, 0.4) is 0 Å². The summed E-state index contributed by atoms with van der Waals surface area (Å²) in [6, 6.07) is 10.7. The van der Waals surface area contributed by atoms with Crippen molar-refractivity contribution in [1.82, 2.24) is 0 Å². The zero-order valence-electron chi connectivity index (χ0n) is 22.4. The van der Waals surface area contributed by atoms with Crippen LogP contribution < -0.4 is 15.0 Å². The predicted molar refractivity (Wildman–Crippen MR) is 138 cm³/mol. The molecule has 1 atom stereocenters. The Kier molecular flexibility index (Phi) is 8.89. The van der Waals surface area contributed by atoms with E-state index in [9.17, 15) is 49.1 Å². The van der Waals surface area contributed by atoms with Crippen molar-refractivity contribution < 1.29 is 58.2 Å². The smallest absolute Gasteiger partial charge is 0.433 e. The van der Waals surface area contributed by atoms with Gasteiger partial charge in [0.1, 0.15) is 5.75 Å². The average molecular weight is 636 g/mol. The summed E-state index contributed by atoms with van der Waals surface area (Å²) in [7, 11) is 0. The van der Waals surface area contributed by atoms with Crippen LogP contribution in [-0.2, 0) is 5.67 Å². The van der Waals surface area contributed by atoms with Crippen LogP contribution in [0.5, 0.6) is 5.75 Å². The van der Waals surface area contributed by atoms with E-state index in [2.05, 4.69) is 4.74 Å².